The highest BCUT2D eigenvalue weighted by atomic mass is 32.2. The normalized spacial score (nSPS) is 26.3. The molecule has 2 fully saturated rings. The van der Waals surface area contributed by atoms with Gasteiger partial charge in [0.1, 0.15) is 6.04 Å². The molecule has 2 aliphatic rings. The number of carbonyl (C=O) groups excluding carboxylic acids is 1. The summed E-state index contributed by atoms with van der Waals surface area (Å²) in [4.78, 5) is 26.2. The van der Waals surface area contributed by atoms with Crippen LogP contribution in [0.1, 0.15) is 41.8 Å². The van der Waals surface area contributed by atoms with Gasteiger partial charge >= 0.3 is 5.97 Å². The Labute approximate surface area is 149 Å². The van der Waals surface area contributed by atoms with Crippen molar-refractivity contribution in [2.75, 3.05) is 7.11 Å². The van der Waals surface area contributed by atoms with E-state index >= 15 is 0 Å². The van der Waals surface area contributed by atoms with Crippen LogP contribution in [0.5, 0.6) is 5.75 Å². The van der Waals surface area contributed by atoms with Crippen LogP contribution >= 0.6 is 11.3 Å². The van der Waals surface area contributed by atoms with Crippen molar-refractivity contribution in [2.24, 2.45) is 11.1 Å². The quantitative estimate of drug-likeness (QED) is 0.799. The van der Waals surface area contributed by atoms with Gasteiger partial charge in [0.25, 0.3) is 15.9 Å². The number of carboxylic acids is 1. The highest BCUT2D eigenvalue weighted by molar-refractivity contribution is 7.91. The second-order valence-electron chi connectivity index (χ2n) is 6.43. The molecule has 8 nitrogen and oxygen atoms in total. The number of ether oxygens (including phenoxy) is 1. The Balaban J connectivity index is 1.98. The molecule has 25 heavy (non-hydrogen) atoms. The second kappa shape index (κ2) is 6.58. The van der Waals surface area contributed by atoms with Crippen LogP contribution in [0.2, 0.25) is 0 Å². The van der Waals surface area contributed by atoms with E-state index < -0.39 is 27.9 Å². The molecule has 2 heterocycles. The predicted molar refractivity (Wildman–Crippen MR) is 90.2 cm³/mol. The number of primary sulfonamides is 1. The van der Waals surface area contributed by atoms with Crippen LogP contribution in [0.25, 0.3) is 0 Å². The largest absolute Gasteiger partial charge is 0.494 e. The van der Waals surface area contributed by atoms with Gasteiger partial charge in [0.15, 0.2) is 9.96 Å². The van der Waals surface area contributed by atoms with E-state index in [9.17, 15) is 23.1 Å². The SMILES string of the molecule is COc1cc(C(=O)N2C(C(=O)O)CC3CCCCC32)sc1S(N)(=O)=O. The first-order valence-electron chi connectivity index (χ1n) is 8.00. The van der Waals surface area contributed by atoms with E-state index in [1.54, 1.807) is 0 Å². The molecule has 3 rings (SSSR count). The van der Waals surface area contributed by atoms with Crippen LogP contribution in [0, 0.1) is 5.92 Å². The smallest absolute Gasteiger partial charge is 0.326 e. The molecule has 1 aromatic heterocycles. The Morgan fingerprint density at radius 3 is 2.60 bits per heavy atom. The fourth-order valence-electron chi connectivity index (χ4n) is 3.90. The van der Waals surface area contributed by atoms with Crippen LogP contribution in [0.3, 0.4) is 0 Å². The molecule has 1 aliphatic heterocycles. The third kappa shape index (κ3) is 3.25. The number of aliphatic carboxylic acids is 1. The Hall–Kier alpha value is -1.65. The van der Waals surface area contributed by atoms with Crippen LogP contribution in [0.15, 0.2) is 10.3 Å². The van der Waals surface area contributed by atoms with Gasteiger partial charge in [-0.05, 0) is 25.2 Å². The van der Waals surface area contributed by atoms with Crippen molar-refractivity contribution in [3.05, 3.63) is 10.9 Å². The number of carbonyl (C=O) groups is 2. The average molecular weight is 388 g/mol. The number of carboxylic acid groups (broad SMARTS) is 1. The zero-order chi connectivity index (χ0) is 18.4. The van der Waals surface area contributed by atoms with Crippen LogP contribution < -0.4 is 9.88 Å². The van der Waals surface area contributed by atoms with Gasteiger partial charge < -0.3 is 14.7 Å². The van der Waals surface area contributed by atoms with Crippen molar-refractivity contribution in [1.82, 2.24) is 4.90 Å². The molecule has 138 valence electrons. The molecule has 3 N–H and O–H groups in total. The molecule has 3 atom stereocenters. The van der Waals surface area contributed by atoms with Crippen molar-refractivity contribution in [2.45, 2.75) is 48.4 Å². The molecule has 1 aliphatic carbocycles. The van der Waals surface area contributed by atoms with Gasteiger partial charge in [0, 0.05) is 12.1 Å². The summed E-state index contributed by atoms with van der Waals surface area (Å²) in [7, 11) is -2.74. The maximum Gasteiger partial charge on any atom is 0.326 e. The number of sulfonamides is 1. The fraction of sp³-hybridized carbons (Fsp3) is 0.600. The van der Waals surface area contributed by atoms with Gasteiger partial charge in [-0.1, -0.05) is 12.8 Å². The lowest BCUT2D eigenvalue weighted by Crippen LogP contribution is -2.46. The lowest BCUT2D eigenvalue weighted by molar-refractivity contribution is -0.141. The van der Waals surface area contributed by atoms with Crippen LogP contribution in [-0.2, 0) is 14.8 Å². The summed E-state index contributed by atoms with van der Waals surface area (Å²) in [5.41, 5.74) is 0. The van der Waals surface area contributed by atoms with Gasteiger partial charge in [-0.2, -0.15) is 0 Å². The predicted octanol–water partition coefficient (Wildman–Crippen LogP) is 1.26. The lowest BCUT2D eigenvalue weighted by Gasteiger charge is -2.32. The summed E-state index contributed by atoms with van der Waals surface area (Å²) in [6, 6.07) is 0.321. The number of nitrogens with zero attached hydrogens (tertiary/aromatic N) is 1. The highest BCUT2D eigenvalue weighted by Gasteiger charge is 2.48. The van der Waals surface area contributed by atoms with E-state index in [0.717, 1.165) is 25.7 Å². The van der Waals surface area contributed by atoms with E-state index in [-0.39, 0.29) is 26.8 Å². The monoisotopic (exact) mass is 388 g/mol. The molecule has 0 bridgehead atoms. The number of methoxy groups -OCH3 is 1. The average Bonchev–Trinajstić information content (AvgIpc) is 3.15. The fourth-order valence-corrected chi connectivity index (χ4v) is 5.86. The topological polar surface area (TPSA) is 127 Å². The van der Waals surface area contributed by atoms with Gasteiger partial charge in [0.2, 0.25) is 0 Å². The number of fused-ring (bicyclic) bond motifs is 1. The van der Waals surface area contributed by atoms with Gasteiger partial charge in [-0.15, -0.1) is 11.3 Å². The Bertz CT molecular complexity index is 803. The maximum atomic E-state index is 13.0. The number of rotatable bonds is 4. The Kier molecular flexibility index (Phi) is 4.78. The summed E-state index contributed by atoms with van der Waals surface area (Å²) < 4.78 is 28.1. The molecule has 1 amide bonds. The number of amides is 1. The summed E-state index contributed by atoms with van der Waals surface area (Å²) in [5, 5.41) is 14.7. The zero-order valence-electron chi connectivity index (χ0n) is 13.7. The Morgan fingerprint density at radius 2 is 2.04 bits per heavy atom. The number of hydrogen-bond acceptors (Lipinski definition) is 6. The van der Waals surface area contributed by atoms with Crippen LogP contribution in [0.4, 0.5) is 0 Å². The molecule has 0 spiro atoms. The number of hydrogen-bond donors (Lipinski definition) is 2. The molecule has 1 saturated carbocycles. The number of likely N-dealkylation sites (tertiary alicyclic amines) is 1. The van der Waals surface area contributed by atoms with E-state index in [2.05, 4.69) is 0 Å². The highest BCUT2D eigenvalue weighted by Crippen LogP contribution is 2.42. The number of nitrogens with two attached hydrogens (primary N) is 1. The third-order valence-corrected chi connectivity index (χ3v) is 7.53. The molecule has 0 radical (unpaired) electrons. The van der Waals surface area contributed by atoms with E-state index in [1.165, 1.54) is 18.1 Å². The first kappa shape index (κ1) is 18.2. The van der Waals surface area contributed by atoms with E-state index in [1.807, 2.05) is 0 Å². The van der Waals surface area contributed by atoms with Gasteiger partial charge in [-0.3, -0.25) is 4.79 Å². The Morgan fingerprint density at radius 1 is 1.36 bits per heavy atom. The second-order valence-corrected chi connectivity index (χ2v) is 9.23. The van der Waals surface area contributed by atoms with Gasteiger partial charge in [-0.25, -0.2) is 18.4 Å². The molecule has 1 aromatic rings. The minimum absolute atomic E-state index is 0.00196. The lowest BCUT2D eigenvalue weighted by atomic mass is 9.85. The van der Waals surface area contributed by atoms with E-state index in [0.29, 0.717) is 17.8 Å². The van der Waals surface area contributed by atoms with Crippen molar-refractivity contribution >= 4 is 33.2 Å². The summed E-state index contributed by atoms with van der Waals surface area (Å²) in [6.45, 7) is 0. The minimum Gasteiger partial charge on any atom is -0.494 e. The summed E-state index contributed by atoms with van der Waals surface area (Å²) in [6.07, 6.45) is 4.11. The van der Waals surface area contributed by atoms with Crippen molar-refractivity contribution in [3.8, 4) is 5.75 Å². The molecular weight excluding hydrogens is 368 g/mol. The molecule has 10 heteroatoms. The minimum atomic E-state index is -4.03. The summed E-state index contributed by atoms with van der Waals surface area (Å²) in [5.74, 6) is -1.32. The zero-order valence-corrected chi connectivity index (χ0v) is 15.3. The maximum absolute atomic E-state index is 13.0. The number of thiophene rings is 1. The third-order valence-electron chi connectivity index (χ3n) is 4.96. The summed E-state index contributed by atoms with van der Waals surface area (Å²) >= 11 is 0.717. The van der Waals surface area contributed by atoms with Crippen molar-refractivity contribution < 1.29 is 27.9 Å². The standard InChI is InChI=1S/C15H20N2O6S2/c1-23-11-7-12(24-15(11)25(16,21)22)13(18)17-9-5-3-2-4-8(9)6-10(17)14(19)20/h7-10H,2-6H2,1H3,(H,19,20)(H2,16,21,22). The molecule has 0 aromatic carbocycles. The van der Waals surface area contributed by atoms with E-state index in [4.69, 9.17) is 9.88 Å². The van der Waals surface area contributed by atoms with Crippen molar-refractivity contribution in [1.29, 1.82) is 0 Å². The van der Waals surface area contributed by atoms with Crippen LogP contribution in [-0.4, -0.2) is 49.5 Å². The molecule has 1 saturated heterocycles. The first-order valence-corrected chi connectivity index (χ1v) is 10.4. The van der Waals surface area contributed by atoms with Gasteiger partial charge in [0.05, 0.1) is 12.0 Å². The van der Waals surface area contributed by atoms with Crippen molar-refractivity contribution in [3.63, 3.8) is 0 Å². The molecule has 3 unspecified atom stereocenters. The molecular formula is C15H20N2O6S2. The first-order chi connectivity index (χ1) is 11.7.